The first-order valence-corrected chi connectivity index (χ1v) is 10.8. The van der Waals surface area contributed by atoms with Crippen LogP contribution < -0.4 is 5.32 Å². The van der Waals surface area contributed by atoms with Gasteiger partial charge in [-0.15, -0.1) is 23.7 Å². The average molecular weight is 480 g/mol. The van der Waals surface area contributed by atoms with E-state index in [1.807, 2.05) is 54.6 Å². The van der Waals surface area contributed by atoms with E-state index in [1.165, 1.54) is 29.6 Å². The molecule has 33 heavy (non-hydrogen) atoms. The first kappa shape index (κ1) is 24.0. The Balaban J connectivity index is 0.00000306. The van der Waals surface area contributed by atoms with E-state index >= 15 is 0 Å². The quantitative estimate of drug-likeness (QED) is 0.186. The molecule has 1 aromatic heterocycles. The number of para-hydroxylation sites is 1. The van der Waals surface area contributed by atoms with E-state index in [-0.39, 0.29) is 29.7 Å². The lowest BCUT2D eigenvalue weighted by Crippen LogP contribution is -2.15. The molecular weight excluding hydrogens is 458 g/mol. The van der Waals surface area contributed by atoms with Crippen molar-refractivity contribution in [1.82, 2.24) is 4.98 Å². The van der Waals surface area contributed by atoms with Crippen molar-refractivity contribution in [1.29, 1.82) is 0 Å². The monoisotopic (exact) mass is 479 g/mol. The second-order valence-corrected chi connectivity index (χ2v) is 7.79. The van der Waals surface area contributed by atoms with Crippen LogP contribution in [-0.4, -0.2) is 28.9 Å². The van der Waals surface area contributed by atoms with Gasteiger partial charge in [-0.05, 0) is 22.8 Å². The van der Waals surface area contributed by atoms with Crippen molar-refractivity contribution in [3.8, 4) is 0 Å². The molecule has 3 aromatic carbocycles. The Morgan fingerprint density at radius 2 is 1.55 bits per heavy atom. The molecule has 0 bridgehead atoms. The van der Waals surface area contributed by atoms with Gasteiger partial charge in [0.25, 0.3) is 0 Å². The van der Waals surface area contributed by atoms with Gasteiger partial charge in [0.1, 0.15) is 12.8 Å². The van der Waals surface area contributed by atoms with Crippen LogP contribution in [0.25, 0.3) is 0 Å². The fourth-order valence-electron chi connectivity index (χ4n) is 3.55. The maximum Gasteiger partial charge on any atom is 0.360 e. The van der Waals surface area contributed by atoms with Gasteiger partial charge in [-0.3, -0.25) is 0 Å². The van der Waals surface area contributed by atoms with Crippen molar-refractivity contribution >= 4 is 46.2 Å². The predicted molar refractivity (Wildman–Crippen MR) is 134 cm³/mol. The van der Waals surface area contributed by atoms with Gasteiger partial charge in [0.2, 0.25) is 5.71 Å². The Hall–Kier alpha value is -3.68. The number of hydrogen-bond donors (Lipinski definition) is 2. The normalized spacial score (nSPS) is 11.0. The van der Waals surface area contributed by atoms with Crippen molar-refractivity contribution in [2.45, 2.75) is 5.92 Å². The first-order chi connectivity index (χ1) is 15.7. The summed E-state index contributed by atoms with van der Waals surface area (Å²) in [5.41, 5.74) is 4.34. The minimum absolute atomic E-state index is 0. The smallest absolute Gasteiger partial charge is 0.360 e. The summed E-state index contributed by atoms with van der Waals surface area (Å²) in [5.74, 6) is -1.18. The zero-order chi connectivity index (χ0) is 22.3. The number of nitrogens with one attached hydrogen (secondary N) is 1. The van der Waals surface area contributed by atoms with Gasteiger partial charge in [0.15, 0.2) is 5.13 Å². The van der Waals surface area contributed by atoms with Crippen molar-refractivity contribution in [2.75, 3.05) is 12.4 Å². The molecule has 0 fully saturated rings. The summed E-state index contributed by atoms with van der Waals surface area (Å²) >= 11 is 1.31. The van der Waals surface area contributed by atoms with Crippen molar-refractivity contribution in [3.63, 3.8) is 0 Å². The molecule has 1 heterocycles. The number of hydrogen-bond acceptors (Lipinski definition) is 6. The van der Waals surface area contributed by atoms with E-state index in [0.29, 0.717) is 5.13 Å². The number of carboxylic acid groups (broad SMARTS) is 1. The number of carbonyl (C=O) groups is 1. The summed E-state index contributed by atoms with van der Waals surface area (Å²) in [6, 6.07) is 28.7. The number of benzene rings is 3. The van der Waals surface area contributed by atoms with Crippen molar-refractivity contribution in [2.24, 2.45) is 5.16 Å². The Kier molecular flexibility index (Phi) is 8.18. The Morgan fingerprint density at radius 1 is 0.970 bits per heavy atom. The highest BCUT2D eigenvalue weighted by molar-refractivity contribution is 7.14. The van der Waals surface area contributed by atoms with Crippen LogP contribution in [0.2, 0.25) is 0 Å². The largest absolute Gasteiger partial charge is 0.476 e. The lowest BCUT2D eigenvalue weighted by molar-refractivity contribution is -0.129. The molecule has 2 N–H and O–H groups in total. The van der Waals surface area contributed by atoms with Crippen LogP contribution in [0.1, 0.15) is 28.3 Å². The van der Waals surface area contributed by atoms with Crippen molar-refractivity contribution in [3.05, 3.63) is 113 Å². The molecular formula is C25H22ClN3O3S. The number of thiazole rings is 1. The molecule has 0 aliphatic carbocycles. The number of aliphatic carboxylic acids is 1. The van der Waals surface area contributed by atoms with Gasteiger partial charge >= 0.3 is 5.97 Å². The maximum atomic E-state index is 11.4. The number of nitrogens with zero attached hydrogens (tertiary/aromatic N) is 2. The summed E-state index contributed by atoms with van der Waals surface area (Å²) in [5, 5.41) is 18.5. The number of halogens is 1. The molecule has 0 atom stereocenters. The Morgan fingerprint density at radius 3 is 2.12 bits per heavy atom. The topological polar surface area (TPSA) is 83.8 Å². The van der Waals surface area contributed by atoms with Crippen LogP contribution in [0.15, 0.2) is 95.5 Å². The average Bonchev–Trinajstić information content (AvgIpc) is 3.28. The van der Waals surface area contributed by atoms with E-state index in [1.54, 1.807) is 5.38 Å². The molecule has 8 heteroatoms. The number of aromatic nitrogens is 1. The number of carboxylic acids is 1. The van der Waals surface area contributed by atoms with E-state index in [0.717, 1.165) is 11.3 Å². The minimum Gasteiger partial charge on any atom is -0.476 e. The Bertz CT molecular complexity index is 1190. The van der Waals surface area contributed by atoms with E-state index in [9.17, 15) is 9.90 Å². The van der Waals surface area contributed by atoms with Gasteiger partial charge in [-0.2, -0.15) is 0 Å². The van der Waals surface area contributed by atoms with Crippen LogP contribution in [0.5, 0.6) is 0 Å². The van der Waals surface area contributed by atoms with Crippen LogP contribution in [0, 0.1) is 0 Å². The van der Waals surface area contributed by atoms with E-state index in [2.05, 4.69) is 50.6 Å². The molecule has 4 aromatic rings. The van der Waals surface area contributed by atoms with E-state index in [4.69, 9.17) is 0 Å². The lowest BCUT2D eigenvalue weighted by Gasteiger charge is -2.22. The van der Waals surface area contributed by atoms with Gasteiger partial charge in [-0.1, -0.05) is 84.0 Å². The molecule has 0 amide bonds. The fourth-order valence-corrected chi connectivity index (χ4v) is 4.25. The highest BCUT2D eigenvalue weighted by Crippen LogP contribution is 2.37. The predicted octanol–water partition coefficient (Wildman–Crippen LogP) is 5.92. The summed E-state index contributed by atoms with van der Waals surface area (Å²) in [7, 11) is 1.30. The Labute approximate surface area is 202 Å². The van der Waals surface area contributed by atoms with Crippen LogP contribution in [-0.2, 0) is 9.63 Å². The number of rotatable bonds is 8. The molecule has 0 saturated carbocycles. The molecule has 6 nitrogen and oxygen atoms in total. The third-order valence-electron chi connectivity index (χ3n) is 4.91. The van der Waals surface area contributed by atoms with Gasteiger partial charge < -0.3 is 15.3 Å². The van der Waals surface area contributed by atoms with E-state index < -0.39 is 5.97 Å². The molecule has 0 radical (unpaired) electrons. The molecule has 0 unspecified atom stereocenters. The summed E-state index contributed by atoms with van der Waals surface area (Å²) in [6.45, 7) is 0. The molecule has 0 aliphatic heterocycles. The third-order valence-corrected chi connectivity index (χ3v) is 5.67. The van der Waals surface area contributed by atoms with Crippen LogP contribution in [0.4, 0.5) is 10.8 Å². The number of oxime groups is 1. The van der Waals surface area contributed by atoms with Gasteiger partial charge in [0.05, 0.1) is 0 Å². The highest BCUT2D eigenvalue weighted by atomic mass is 35.5. The molecule has 0 saturated heterocycles. The van der Waals surface area contributed by atoms with Gasteiger partial charge in [-0.25, -0.2) is 9.78 Å². The molecule has 0 aliphatic rings. The third kappa shape index (κ3) is 5.58. The van der Waals surface area contributed by atoms with Crippen molar-refractivity contribution < 1.29 is 14.7 Å². The SMILES string of the molecule is CON=C(C(=O)O)c1csc(Nc2ccccc2C(c2ccccc2)c2ccccc2)n1.Cl. The second-order valence-electron chi connectivity index (χ2n) is 6.93. The lowest BCUT2D eigenvalue weighted by atomic mass is 9.84. The summed E-state index contributed by atoms with van der Waals surface area (Å²) in [4.78, 5) is 20.5. The van der Waals surface area contributed by atoms with Crippen LogP contribution >= 0.6 is 23.7 Å². The summed E-state index contributed by atoms with van der Waals surface area (Å²) in [6.07, 6.45) is 0. The zero-order valence-corrected chi connectivity index (χ0v) is 19.3. The maximum absolute atomic E-state index is 11.4. The fraction of sp³-hybridized carbons (Fsp3) is 0.0800. The second kappa shape index (κ2) is 11.3. The highest BCUT2D eigenvalue weighted by Gasteiger charge is 2.21. The minimum atomic E-state index is -1.20. The first-order valence-electron chi connectivity index (χ1n) is 9.93. The zero-order valence-electron chi connectivity index (χ0n) is 17.7. The molecule has 168 valence electrons. The summed E-state index contributed by atoms with van der Waals surface area (Å²) < 4.78 is 0. The standard InChI is InChI=1S/C25H21N3O3S.ClH/c1-31-28-23(24(29)30)21-16-32-25(27-21)26-20-15-9-8-14-19(20)22(17-10-4-2-5-11-17)18-12-6-3-7-13-18;/h2-16,22H,1H3,(H,26,27)(H,29,30);1H. The molecule has 4 rings (SSSR count). The molecule has 0 spiro atoms. The van der Waals surface area contributed by atoms with Crippen LogP contribution in [0.3, 0.4) is 0 Å². The van der Waals surface area contributed by atoms with Gasteiger partial charge in [0, 0.05) is 17.0 Å². The number of anilines is 2.